The minimum atomic E-state index is -0.996. The number of hydrogen-bond donors (Lipinski definition) is 1. The maximum atomic E-state index is 13.1. The van der Waals surface area contributed by atoms with Crippen molar-refractivity contribution in [3.05, 3.63) is 108 Å². The number of amides is 1. The number of benzene rings is 3. The van der Waals surface area contributed by atoms with Crippen molar-refractivity contribution in [2.24, 2.45) is 0 Å². The highest BCUT2D eigenvalue weighted by Gasteiger charge is 2.37. The molecule has 0 unspecified atom stereocenters. The Bertz CT molecular complexity index is 1020. The Morgan fingerprint density at radius 1 is 0.800 bits per heavy atom. The van der Waals surface area contributed by atoms with E-state index in [4.69, 9.17) is 9.47 Å². The fourth-order valence-electron chi connectivity index (χ4n) is 3.98. The summed E-state index contributed by atoms with van der Waals surface area (Å²) in [4.78, 5) is 28.1. The number of nitrogens with one attached hydrogen (secondary N) is 1. The molecule has 0 aliphatic carbocycles. The topological polar surface area (TPSA) is 67.9 Å². The Kier molecular flexibility index (Phi) is 9.04. The van der Waals surface area contributed by atoms with Gasteiger partial charge in [-0.2, -0.15) is 0 Å². The lowest BCUT2D eigenvalue weighted by Gasteiger charge is -2.37. The van der Waals surface area contributed by atoms with E-state index in [0.29, 0.717) is 13.1 Å². The molecule has 35 heavy (non-hydrogen) atoms. The third kappa shape index (κ3) is 7.97. The molecule has 2 atom stereocenters. The van der Waals surface area contributed by atoms with E-state index in [1.807, 2.05) is 66.7 Å². The fourth-order valence-corrected chi connectivity index (χ4v) is 3.98. The summed E-state index contributed by atoms with van der Waals surface area (Å²) in [7, 11) is 1.33. The Morgan fingerprint density at radius 3 is 1.69 bits per heavy atom. The van der Waals surface area contributed by atoms with Crippen LogP contribution in [0, 0.1) is 0 Å². The van der Waals surface area contributed by atoms with Crippen molar-refractivity contribution >= 4 is 12.1 Å². The van der Waals surface area contributed by atoms with Gasteiger partial charge in [-0.05, 0) is 37.5 Å². The van der Waals surface area contributed by atoms with Crippen molar-refractivity contribution < 1.29 is 19.1 Å². The van der Waals surface area contributed by atoms with Crippen molar-refractivity contribution in [1.82, 2.24) is 10.2 Å². The first-order valence-electron chi connectivity index (χ1n) is 11.7. The standard InChI is InChI=1S/C29H34N2O4/c1-29(2,3)35-28(33)30-25(27(32)34-4)26(24-18-12-7-13-19-24)31(20-22-14-8-5-9-15-22)21-23-16-10-6-11-17-23/h5-19,25-26H,20-21H2,1-4H3,(H,30,33)/t25-,26-/m0/s1. The summed E-state index contributed by atoms with van der Waals surface area (Å²) in [5.41, 5.74) is 2.35. The van der Waals surface area contributed by atoms with Crippen LogP contribution in [0.15, 0.2) is 91.0 Å². The van der Waals surface area contributed by atoms with E-state index >= 15 is 0 Å². The summed E-state index contributed by atoms with van der Waals surface area (Å²) in [5, 5.41) is 2.80. The minimum absolute atomic E-state index is 0.517. The summed E-state index contributed by atoms with van der Waals surface area (Å²) in [6, 6.07) is 28.3. The molecule has 3 aromatic rings. The number of carbonyl (C=O) groups excluding carboxylic acids is 2. The zero-order valence-electron chi connectivity index (χ0n) is 20.8. The average molecular weight is 475 g/mol. The number of ether oxygens (including phenoxy) is 2. The van der Waals surface area contributed by atoms with Gasteiger partial charge in [-0.1, -0.05) is 91.0 Å². The monoisotopic (exact) mass is 474 g/mol. The van der Waals surface area contributed by atoms with Gasteiger partial charge in [-0.15, -0.1) is 0 Å². The zero-order chi connectivity index (χ0) is 25.3. The molecule has 0 radical (unpaired) electrons. The lowest BCUT2D eigenvalue weighted by Crippen LogP contribution is -2.51. The molecule has 3 rings (SSSR count). The Balaban J connectivity index is 2.06. The second-order valence-electron chi connectivity index (χ2n) is 9.38. The molecule has 1 amide bonds. The highest BCUT2D eigenvalue weighted by Crippen LogP contribution is 2.29. The largest absolute Gasteiger partial charge is 0.467 e. The zero-order valence-corrected chi connectivity index (χ0v) is 20.8. The molecule has 0 fully saturated rings. The van der Waals surface area contributed by atoms with Gasteiger partial charge in [-0.3, -0.25) is 4.90 Å². The third-order valence-electron chi connectivity index (χ3n) is 5.43. The number of esters is 1. The van der Waals surface area contributed by atoms with Crippen molar-refractivity contribution in [2.75, 3.05) is 7.11 Å². The molecule has 184 valence electrons. The average Bonchev–Trinajstić information content (AvgIpc) is 2.84. The summed E-state index contributed by atoms with van der Waals surface area (Å²) in [6.45, 7) is 6.46. The summed E-state index contributed by atoms with van der Waals surface area (Å²) >= 11 is 0. The van der Waals surface area contributed by atoms with Crippen molar-refractivity contribution in [2.45, 2.75) is 51.5 Å². The summed E-state index contributed by atoms with van der Waals surface area (Å²) < 4.78 is 10.6. The maximum absolute atomic E-state index is 13.1. The lowest BCUT2D eigenvalue weighted by atomic mass is 9.95. The molecule has 0 saturated heterocycles. The van der Waals surface area contributed by atoms with Gasteiger partial charge in [-0.25, -0.2) is 9.59 Å². The molecule has 0 saturated carbocycles. The maximum Gasteiger partial charge on any atom is 0.408 e. The van der Waals surface area contributed by atoms with Crippen LogP contribution in [0.25, 0.3) is 0 Å². The molecule has 0 aromatic heterocycles. The van der Waals surface area contributed by atoms with Crippen LogP contribution < -0.4 is 5.32 Å². The fraction of sp³-hybridized carbons (Fsp3) is 0.310. The molecular weight excluding hydrogens is 440 g/mol. The Morgan fingerprint density at radius 2 is 1.26 bits per heavy atom. The van der Waals surface area contributed by atoms with Crippen LogP contribution in [-0.4, -0.2) is 35.7 Å². The van der Waals surface area contributed by atoms with Gasteiger partial charge < -0.3 is 14.8 Å². The first-order valence-corrected chi connectivity index (χ1v) is 11.7. The second kappa shape index (κ2) is 12.2. The van der Waals surface area contributed by atoms with Crippen LogP contribution >= 0.6 is 0 Å². The molecule has 6 heteroatoms. The molecule has 0 bridgehead atoms. The van der Waals surface area contributed by atoms with Gasteiger partial charge in [0.25, 0.3) is 0 Å². The molecule has 1 N–H and O–H groups in total. The lowest BCUT2D eigenvalue weighted by molar-refractivity contribution is -0.145. The highest BCUT2D eigenvalue weighted by atomic mass is 16.6. The molecule has 0 aliphatic heterocycles. The third-order valence-corrected chi connectivity index (χ3v) is 5.43. The van der Waals surface area contributed by atoms with E-state index in [-0.39, 0.29) is 0 Å². The Labute approximate surface area is 207 Å². The molecule has 0 aliphatic rings. The predicted molar refractivity (Wildman–Crippen MR) is 136 cm³/mol. The smallest absolute Gasteiger partial charge is 0.408 e. The van der Waals surface area contributed by atoms with Gasteiger partial charge in [0, 0.05) is 13.1 Å². The van der Waals surface area contributed by atoms with Gasteiger partial charge in [0.05, 0.1) is 13.2 Å². The second-order valence-corrected chi connectivity index (χ2v) is 9.38. The van der Waals surface area contributed by atoms with E-state index in [1.165, 1.54) is 7.11 Å². The summed E-state index contributed by atoms with van der Waals surface area (Å²) in [6.07, 6.45) is -0.673. The van der Waals surface area contributed by atoms with Crippen LogP contribution in [0.1, 0.15) is 43.5 Å². The van der Waals surface area contributed by atoms with Crippen LogP contribution in [0.2, 0.25) is 0 Å². The van der Waals surface area contributed by atoms with Crippen LogP contribution in [-0.2, 0) is 27.4 Å². The van der Waals surface area contributed by atoms with Gasteiger partial charge in [0.1, 0.15) is 11.6 Å². The first kappa shape index (κ1) is 26.0. The normalized spacial score (nSPS) is 13.1. The van der Waals surface area contributed by atoms with E-state index < -0.39 is 29.7 Å². The van der Waals surface area contributed by atoms with Crippen LogP contribution in [0.4, 0.5) is 4.79 Å². The Hall–Kier alpha value is -3.64. The molecule has 6 nitrogen and oxygen atoms in total. The number of methoxy groups -OCH3 is 1. The number of alkyl carbamates (subject to hydrolysis) is 1. The molecular formula is C29H34N2O4. The van der Waals surface area contributed by atoms with Gasteiger partial charge in [0.15, 0.2) is 0 Å². The quantitative estimate of drug-likeness (QED) is 0.415. The SMILES string of the molecule is COC(=O)[C@@H](NC(=O)OC(C)(C)C)[C@H](c1ccccc1)N(Cc1ccccc1)Cc1ccccc1. The van der Waals surface area contributed by atoms with E-state index in [1.54, 1.807) is 20.8 Å². The number of nitrogens with zero attached hydrogens (tertiary/aromatic N) is 1. The summed E-state index contributed by atoms with van der Waals surface area (Å²) in [5.74, 6) is -0.546. The predicted octanol–water partition coefficient (Wildman–Crippen LogP) is 5.50. The highest BCUT2D eigenvalue weighted by molar-refractivity contribution is 5.82. The van der Waals surface area contributed by atoms with Crippen molar-refractivity contribution in [3.63, 3.8) is 0 Å². The number of carbonyl (C=O) groups is 2. The number of rotatable bonds is 9. The van der Waals surface area contributed by atoms with Crippen LogP contribution in [0.5, 0.6) is 0 Å². The van der Waals surface area contributed by atoms with Gasteiger partial charge >= 0.3 is 12.1 Å². The van der Waals surface area contributed by atoms with Crippen LogP contribution in [0.3, 0.4) is 0 Å². The van der Waals surface area contributed by atoms with Gasteiger partial charge in [0.2, 0.25) is 0 Å². The van der Waals surface area contributed by atoms with E-state index in [9.17, 15) is 9.59 Å². The van der Waals surface area contributed by atoms with E-state index in [0.717, 1.165) is 16.7 Å². The first-order chi connectivity index (χ1) is 16.8. The molecule has 0 spiro atoms. The van der Waals surface area contributed by atoms with Crippen molar-refractivity contribution in [3.8, 4) is 0 Å². The molecule has 3 aromatic carbocycles. The van der Waals surface area contributed by atoms with Crippen molar-refractivity contribution in [1.29, 1.82) is 0 Å². The van der Waals surface area contributed by atoms with E-state index in [2.05, 4.69) is 34.5 Å². The molecule has 0 heterocycles. The minimum Gasteiger partial charge on any atom is -0.467 e. The number of hydrogen-bond acceptors (Lipinski definition) is 5.